The van der Waals surface area contributed by atoms with Crippen molar-refractivity contribution in [1.82, 2.24) is 15.3 Å². The Bertz CT molecular complexity index is 632. The maximum absolute atomic E-state index is 6.41. The Labute approximate surface area is 140 Å². The van der Waals surface area contributed by atoms with Crippen LogP contribution < -0.4 is 10.6 Å². The molecule has 1 atom stereocenters. The molecule has 0 amide bonds. The highest BCUT2D eigenvalue weighted by molar-refractivity contribution is 7.99. The number of halogens is 1. The molecule has 2 heterocycles. The standard InChI is InChI=1S/C16H23ClN4S/c1-3-11(4-2)22-16-20-14-7-12(17)13(8-15(14)21-16)19-10-5-6-18-9-10/h7-8,10-11,18-19H,3-6,9H2,1-2H3,(H,20,21). The van der Waals surface area contributed by atoms with Gasteiger partial charge in [-0.05, 0) is 37.9 Å². The first-order chi connectivity index (χ1) is 10.7. The monoisotopic (exact) mass is 338 g/mol. The average Bonchev–Trinajstić information content (AvgIpc) is 3.14. The molecule has 1 aliphatic rings. The van der Waals surface area contributed by atoms with Gasteiger partial charge in [-0.15, -0.1) is 0 Å². The van der Waals surface area contributed by atoms with E-state index in [1.165, 1.54) is 0 Å². The summed E-state index contributed by atoms with van der Waals surface area (Å²) in [6.07, 6.45) is 3.44. The molecule has 1 aromatic carbocycles. The molecule has 1 saturated heterocycles. The summed E-state index contributed by atoms with van der Waals surface area (Å²) in [5.41, 5.74) is 2.97. The van der Waals surface area contributed by atoms with E-state index in [-0.39, 0.29) is 0 Å². The van der Waals surface area contributed by atoms with Crippen LogP contribution in [0.25, 0.3) is 11.0 Å². The van der Waals surface area contributed by atoms with Gasteiger partial charge >= 0.3 is 0 Å². The molecule has 4 nitrogen and oxygen atoms in total. The summed E-state index contributed by atoms with van der Waals surface area (Å²) in [6.45, 7) is 6.50. The second-order valence-corrected chi connectivity index (χ2v) is 7.48. The van der Waals surface area contributed by atoms with E-state index >= 15 is 0 Å². The van der Waals surface area contributed by atoms with Crippen LogP contribution in [0.5, 0.6) is 0 Å². The Balaban J connectivity index is 1.82. The summed E-state index contributed by atoms with van der Waals surface area (Å²) < 4.78 is 0. The molecule has 1 aliphatic heterocycles. The van der Waals surface area contributed by atoms with Gasteiger partial charge in [-0.1, -0.05) is 37.2 Å². The molecule has 120 valence electrons. The van der Waals surface area contributed by atoms with Crippen molar-refractivity contribution in [3.8, 4) is 0 Å². The number of nitrogens with zero attached hydrogens (tertiary/aromatic N) is 1. The van der Waals surface area contributed by atoms with E-state index in [1.54, 1.807) is 0 Å². The van der Waals surface area contributed by atoms with Gasteiger partial charge in [-0.25, -0.2) is 4.98 Å². The predicted octanol–water partition coefficient (Wildman–Crippen LogP) is 4.27. The van der Waals surface area contributed by atoms with Crippen molar-refractivity contribution in [3.05, 3.63) is 17.2 Å². The normalized spacial score (nSPS) is 18.5. The summed E-state index contributed by atoms with van der Waals surface area (Å²) in [4.78, 5) is 8.10. The third-order valence-electron chi connectivity index (χ3n) is 4.16. The fourth-order valence-electron chi connectivity index (χ4n) is 2.78. The van der Waals surface area contributed by atoms with Crippen LogP contribution in [0.15, 0.2) is 17.3 Å². The van der Waals surface area contributed by atoms with Crippen LogP contribution in [0.3, 0.4) is 0 Å². The molecule has 3 N–H and O–H groups in total. The first-order valence-corrected chi connectivity index (χ1v) is 9.28. The van der Waals surface area contributed by atoms with Crippen molar-refractivity contribution in [3.63, 3.8) is 0 Å². The molecule has 0 radical (unpaired) electrons. The highest BCUT2D eigenvalue weighted by atomic mass is 35.5. The number of aromatic amines is 1. The van der Waals surface area contributed by atoms with E-state index in [2.05, 4.69) is 35.5 Å². The zero-order valence-electron chi connectivity index (χ0n) is 13.1. The van der Waals surface area contributed by atoms with Gasteiger partial charge in [0.1, 0.15) is 0 Å². The van der Waals surface area contributed by atoms with Crippen molar-refractivity contribution in [2.75, 3.05) is 18.4 Å². The molecule has 1 unspecified atom stereocenters. The number of rotatable bonds is 6. The van der Waals surface area contributed by atoms with Gasteiger partial charge in [-0.3, -0.25) is 0 Å². The fraction of sp³-hybridized carbons (Fsp3) is 0.562. The van der Waals surface area contributed by atoms with Crippen molar-refractivity contribution in [2.24, 2.45) is 0 Å². The highest BCUT2D eigenvalue weighted by Crippen LogP contribution is 2.31. The lowest BCUT2D eigenvalue weighted by Crippen LogP contribution is -2.22. The summed E-state index contributed by atoms with van der Waals surface area (Å²) in [7, 11) is 0. The fourth-order valence-corrected chi connectivity index (χ4v) is 3.97. The largest absolute Gasteiger partial charge is 0.380 e. The Morgan fingerprint density at radius 3 is 2.91 bits per heavy atom. The molecule has 22 heavy (non-hydrogen) atoms. The molecule has 1 fully saturated rings. The van der Waals surface area contributed by atoms with E-state index in [1.807, 2.05) is 17.8 Å². The maximum Gasteiger partial charge on any atom is 0.166 e. The summed E-state index contributed by atoms with van der Waals surface area (Å²) in [6, 6.07) is 4.49. The molecule has 6 heteroatoms. The molecule has 2 aromatic rings. The quantitative estimate of drug-likeness (QED) is 0.688. The summed E-state index contributed by atoms with van der Waals surface area (Å²) in [5, 5.41) is 9.22. The van der Waals surface area contributed by atoms with Crippen LogP contribution in [0.2, 0.25) is 5.02 Å². The number of imidazole rings is 1. The number of nitrogens with one attached hydrogen (secondary N) is 3. The van der Waals surface area contributed by atoms with Gasteiger partial charge < -0.3 is 15.6 Å². The molecule has 0 bridgehead atoms. The third-order valence-corrected chi connectivity index (χ3v) is 5.89. The number of thioether (sulfide) groups is 1. The molecular formula is C16H23ClN4S. The molecule has 0 saturated carbocycles. The number of fused-ring (bicyclic) bond motifs is 1. The number of hydrogen-bond donors (Lipinski definition) is 3. The Hall–Kier alpha value is -0.910. The summed E-state index contributed by atoms with van der Waals surface area (Å²) >= 11 is 8.23. The van der Waals surface area contributed by atoms with Crippen LogP contribution in [0.1, 0.15) is 33.1 Å². The minimum Gasteiger partial charge on any atom is -0.380 e. The summed E-state index contributed by atoms with van der Waals surface area (Å²) in [5.74, 6) is 0. The van der Waals surface area contributed by atoms with Crippen molar-refractivity contribution in [1.29, 1.82) is 0 Å². The molecule has 1 aromatic heterocycles. The third kappa shape index (κ3) is 3.53. The zero-order chi connectivity index (χ0) is 15.5. The second-order valence-electron chi connectivity index (χ2n) is 5.78. The predicted molar refractivity (Wildman–Crippen MR) is 96.2 cm³/mol. The van der Waals surface area contributed by atoms with Gasteiger partial charge in [0.05, 0.1) is 21.7 Å². The van der Waals surface area contributed by atoms with Gasteiger partial charge in [0.25, 0.3) is 0 Å². The van der Waals surface area contributed by atoms with Crippen LogP contribution in [0.4, 0.5) is 5.69 Å². The van der Waals surface area contributed by atoms with Crippen LogP contribution in [-0.2, 0) is 0 Å². The van der Waals surface area contributed by atoms with Crippen molar-refractivity contribution < 1.29 is 0 Å². The van der Waals surface area contributed by atoms with Crippen molar-refractivity contribution in [2.45, 2.75) is 49.6 Å². The van der Waals surface area contributed by atoms with Crippen molar-refractivity contribution >= 4 is 40.1 Å². The van der Waals surface area contributed by atoms with E-state index in [0.29, 0.717) is 11.3 Å². The van der Waals surface area contributed by atoms with E-state index in [0.717, 1.165) is 59.3 Å². The number of benzene rings is 1. The topological polar surface area (TPSA) is 52.7 Å². The molecule has 0 spiro atoms. The Morgan fingerprint density at radius 1 is 1.41 bits per heavy atom. The number of H-pyrrole nitrogens is 1. The molecule has 0 aliphatic carbocycles. The smallest absolute Gasteiger partial charge is 0.166 e. The first-order valence-electron chi connectivity index (χ1n) is 8.02. The van der Waals surface area contributed by atoms with Gasteiger partial charge in [0.2, 0.25) is 0 Å². The van der Waals surface area contributed by atoms with E-state index < -0.39 is 0 Å². The Morgan fingerprint density at radius 2 is 2.23 bits per heavy atom. The molecular weight excluding hydrogens is 316 g/mol. The lowest BCUT2D eigenvalue weighted by atomic mass is 10.2. The lowest BCUT2D eigenvalue weighted by molar-refractivity contribution is 0.788. The number of aromatic nitrogens is 2. The SMILES string of the molecule is CCC(CC)Sc1nc2cc(NC3CCNC3)c(Cl)cc2[nH]1. The number of anilines is 1. The average molecular weight is 339 g/mol. The highest BCUT2D eigenvalue weighted by Gasteiger charge is 2.17. The number of hydrogen-bond acceptors (Lipinski definition) is 4. The van der Waals surface area contributed by atoms with E-state index in [9.17, 15) is 0 Å². The Kier molecular flexibility index (Phi) is 5.16. The van der Waals surface area contributed by atoms with Crippen LogP contribution >= 0.6 is 23.4 Å². The van der Waals surface area contributed by atoms with Gasteiger partial charge in [0, 0.05) is 17.8 Å². The van der Waals surface area contributed by atoms with E-state index in [4.69, 9.17) is 16.6 Å². The van der Waals surface area contributed by atoms with Gasteiger partial charge in [-0.2, -0.15) is 0 Å². The minimum absolute atomic E-state index is 0.451. The van der Waals surface area contributed by atoms with Gasteiger partial charge in [0.15, 0.2) is 5.16 Å². The minimum atomic E-state index is 0.451. The maximum atomic E-state index is 6.41. The molecule has 3 rings (SSSR count). The second kappa shape index (κ2) is 7.11. The lowest BCUT2D eigenvalue weighted by Gasteiger charge is -2.14. The van der Waals surface area contributed by atoms with Crippen LogP contribution in [-0.4, -0.2) is 34.3 Å². The van der Waals surface area contributed by atoms with Crippen LogP contribution in [0, 0.1) is 0 Å². The first kappa shape index (κ1) is 16.0. The zero-order valence-corrected chi connectivity index (χ0v) is 14.7.